The van der Waals surface area contributed by atoms with Crippen LogP contribution >= 0.6 is 11.6 Å². The predicted molar refractivity (Wildman–Crippen MR) is 68.0 cm³/mol. The molecular formula is C12H14ClNO3S. The second kappa shape index (κ2) is 4.49. The summed E-state index contributed by atoms with van der Waals surface area (Å²) in [4.78, 5) is 0.259. The molecule has 1 aromatic carbocycles. The summed E-state index contributed by atoms with van der Waals surface area (Å²) in [5.74, 6) is 0.340. The highest BCUT2D eigenvalue weighted by molar-refractivity contribution is 7.89. The van der Waals surface area contributed by atoms with Crippen molar-refractivity contribution in [3.05, 3.63) is 29.3 Å². The number of nitrogens with one attached hydrogen (secondary N) is 1. The first-order valence-electron chi connectivity index (χ1n) is 5.96. The normalized spacial score (nSPS) is 30.8. The van der Waals surface area contributed by atoms with Gasteiger partial charge < -0.3 is 4.74 Å². The lowest BCUT2D eigenvalue weighted by molar-refractivity contribution is 0.0143. The Morgan fingerprint density at radius 3 is 2.67 bits per heavy atom. The van der Waals surface area contributed by atoms with Crippen LogP contribution in [0.15, 0.2) is 29.2 Å². The standard InChI is InChI=1S/C12H14ClNO3S/c13-8-1-3-9(4-2-8)18(15,16)14-11-7-12-10(11)5-6-17-12/h1-4,10-12,14H,5-7H2/t10-,11+,12+/m1/s1. The summed E-state index contributed by atoms with van der Waals surface area (Å²) in [6.07, 6.45) is 1.97. The lowest BCUT2D eigenvalue weighted by atomic mass is 9.77. The van der Waals surface area contributed by atoms with Gasteiger partial charge in [0.1, 0.15) is 0 Å². The van der Waals surface area contributed by atoms with Crippen molar-refractivity contribution in [1.29, 1.82) is 0 Å². The van der Waals surface area contributed by atoms with Gasteiger partial charge in [0, 0.05) is 23.6 Å². The summed E-state index contributed by atoms with van der Waals surface area (Å²) >= 11 is 5.75. The van der Waals surface area contributed by atoms with E-state index < -0.39 is 10.0 Å². The van der Waals surface area contributed by atoms with Gasteiger partial charge in [0.2, 0.25) is 10.0 Å². The first-order chi connectivity index (χ1) is 8.56. The zero-order valence-electron chi connectivity index (χ0n) is 9.67. The van der Waals surface area contributed by atoms with E-state index in [0.29, 0.717) is 10.9 Å². The molecule has 0 spiro atoms. The van der Waals surface area contributed by atoms with E-state index in [9.17, 15) is 8.42 Å². The van der Waals surface area contributed by atoms with E-state index in [1.807, 2.05) is 0 Å². The first kappa shape index (κ1) is 12.4. The largest absolute Gasteiger partial charge is 0.378 e. The lowest BCUT2D eigenvalue weighted by Gasteiger charge is -2.39. The molecule has 18 heavy (non-hydrogen) atoms. The molecule has 3 rings (SSSR count). The second-order valence-corrected chi connectivity index (χ2v) is 6.93. The van der Waals surface area contributed by atoms with Crippen LogP contribution in [0.1, 0.15) is 12.8 Å². The van der Waals surface area contributed by atoms with E-state index in [1.165, 1.54) is 12.1 Å². The molecule has 1 heterocycles. The average molecular weight is 288 g/mol. The molecule has 2 aliphatic rings. The molecule has 1 saturated heterocycles. The van der Waals surface area contributed by atoms with Gasteiger partial charge in [-0.1, -0.05) is 11.6 Å². The predicted octanol–water partition coefficient (Wildman–Crippen LogP) is 1.80. The van der Waals surface area contributed by atoms with Crippen LogP contribution in [0.5, 0.6) is 0 Å². The molecule has 2 fully saturated rings. The maximum absolute atomic E-state index is 12.1. The highest BCUT2D eigenvalue weighted by atomic mass is 35.5. The number of rotatable bonds is 3. The lowest BCUT2D eigenvalue weighted by Crippen LogP contribution is -2.53. The molecule has 0 bridgehead atoms. The second-order valence-electron chi connectivity index (χ2n) is 4.78. The summed E-state index contributed by atoms with van der Waals surface area (Å²) in [5.41, 5.74) is 0. The molecular weight excluding hydrogens is 274 g/mol. The van der Waals surface area contributed by atoms with E-state index in [4.69, 9.17) is 16.3 Å². The minimum Gasteiger partial charge on any atom is -0.378 e. The van der Waals surface area contributed by atoms with E-state index in [0.717, 1.165) is 19.4 Å². The van der Waals surface area contributed by atoms with Crippen molar-refractivity contribution in [3.8, 4) is 0 Å². The zero-order valence-corrected chi connectivity index (χ0v) is 11.2. The van der Waals surface area contributed by atoms with Crippen LogP contribution in [0.2, 0.25) is 5.02 Å². The van der Waals surface area contributed by atoms with Crippen molar-refractivity contribution in [2.24, 2.45) is 5.92 Å². The maximum atomic E-state index is 12.1. The Kier molecular flexibility index (Phi) is 3.10. The Hall–Kier alpha value is -0.620. The Morgan fingerprint density at radius 1 is 1.28 bits per heavy atom. The molecule has 0 amide bonds. The number of benzene rings is 1. The average Bonchev–Trinajstić information content (AvgIpc) is 2.68. The molecule has 1 aromatic rings. The van der Waals surface area contributed by atoms with E-state index in [-0.39, 0.29) is 17.0 Å². The number of ether oxygens (including phenoxy) is 1. The monoisotopic (exact) mass is 287 g/mol. The van der Waals surface area contributed by atoms with Gasteiger partial charge in [-0.15, -0.1) is 0 Å². The first-order valence-corrected chi connectivity index (χ1v) is 7.82. The fourth-order valence-electron chi connectivity index (χ4n) is 2.61. The van der Waals surface area contributed by atoms with Crippen molar-refractivity contribution in [2.45, 2.75) is 29.9 Å². The summed E-state index contributed by atoms with van der Waals surface area (Å²) in [7, 11) is -3.44. The van der Waals surface area contributed by atoms with Crippen molar-refractivity contribution >= 4 is 21.6 Å². The van der Waals surface area contributed by atoms with Crippen LogP contribution < -0.4 is 4.72 Å². The molecule has 3 atom stereocenters. The smallest absolute Gasteiger partial charge is 0.240 e. The molecule has 4 nitrogen and oxygen atoms in total. The molecule has 0 unspecified atom stereocenters. The van der Waals surface area contributed by atoms with Crippen LogP contribution in [-0.2, 0) is 14.8 Å². The number of hydrogen-bond acceptors (Lipinski definition) is 3. The number of hydrogen-bond donors (Lipinski definition) is 1. The van der Waals surface area contributed by atoms with Crippen molar-refractivity contribution < 1.29 is 13.2 Å². The fourth-order valence-corrected chi connectivity index (χ4v) is 4.04. The molecule has 1 aliphatic heterocycles. The minimum atomic E-state index is -3.44. The van der Waals surface area contributed by atoms with Gasteiger partial charge >= 0.3 is 0 Å². The van der Waals surface area contributed by atoms with Crippen molar-refractivity contribution in [2.75, 3.05) is 6.61 Å². The molecule has 6 heteroatoms. The quantitative estimate of drug-likeness (QED) is 0.922. The van der Waals surface area contributed by atoms with Crippen LogP contribution in [0.25, 0.3) is 0 Å². The maximum Gasteiger partial charge on any atom is 0.240 e. The van der Waals surface area contributed by atoms with Crippen molar-refractivity contribution in [1.82, 2.24) is 4.72 Å². The molecule has 0 radical (unpaired) electrons. The Balaban J connectivity index is 1.73. The highest BCUT2D eigenvalue weighted by Gasteiger charge is 2.46. The van der Waals surface area contributed by atoms with Crippen LogP contribution in [0.4, 0.5) is 0 Å². The van der Waals surface area contributed by atoms with E-state index in [2.05, 4.69) is 4.72 Å². The third kappa shape index (κ3) is 2.16. The van der Waals surface area contributed by atoms with Gasteiger partial charge in [0.05, 0.1) is 11.0 Å². The zero-order chi connectivity index (χ0) is 12.8. The van der Waals surface area contributed by atoms with Gasteiger partial charge in [-0.25, -0.2) is 13.1 Å². The third-order valence-electron chi connectivity index (χ3n) is 3.69. The Morgan fingerprint density at radius 2 is 2.00 bits per heavy atom. The van der Waals surface area contributed by atoms with Gasteiger partial charge in [-0.3, -0.25) is 0 Å². The summed E-state index contributed by atoms with van der Waals surface area (Å²) in [5, 5.41) is 0.529. The van der Waals surface area contributed by atoms with Gasteiger partial charge in [0.25, 0.3) is 0 Å². The van der Waals surface area contributed by atoms with E-state index >= 15 is 0 Å². The van der Waals surface area contributed by atoms with Crippen LogP contribution in [0.3, 0.4) is 0 Å². The van der Waals surface area contributed by atoms with Gasteiger partial charge in [-0.05, 0) is 37.1 Å². The molecule has 1 N–H and O–H groups in total. The number of fused-ring (bicyclic) bond motifs is 1. The molecule has 98 valence electrons. The van der Waals surface area contributed by atoms with Gasteiger partial charge in [-0.2, -0.15) is 0 Å². The SMILES string of the molecule is O=S(=O)(N[C@H]1C[C@@H]2OCC[C@H]12)c1ccc(Cl)cc1. The molecule has 0 aromatic heterocycles. The Labute approximate surface area is 111 Å². The minimum absolute atomic E-state index is 0.0122. The summed E-state index contributed by atoms with van der Waals surface area (Å²) in [6, 6.07) is 6.22. The number of sulfonamides is 1. The summed E-state index contributed by atoms with van der Waals surface area (Å²) in [6.45, 7) is 0.745. The topological polar surface area (TPSA) is 55.4 Å². The van der Waals surface area contributed by atoms with Crippen molar-refractivity contribution in [3.63, 3.8) is 0 Å². The highest BCUT2D eigenvalue weighted by Crippen LogP contribution is 2.39. The number of halogens is 1. The van der Waals surface area contributed by atoms with Crippen LogP contribution in [-0.4, -0.2) is 27.2 Å². The van der Waals surface area contributed by atoms with Crippen LogP contribution in [0, 0.1) is 5.92 Å². The molecule has 1 saturated carbocycles. The van der Waals surface area contributed by atoms with E-state index in [1.54, 1.807) is 12.1 Å². The molecule has 1 aliphatic carbocycles. The van der Waals surface area contributed by atoms with Gasteiger partial charge in [0.15, 0.2) is 0 Å². The third-order valence-corrected chi connectivity index (χ3v) is 5.45. The summed E-state index contributed by atoms with van der Waals surface area (Å²) < 4.78 is 32.5. The Bertz CT molecular complexity index is 543. The fraction of sp³-hybridized carbons (Fsp3) is 0.500.